The summed E-state index contributed by atoms with van der Waals surface area (Å²) in [4.78, 5) is 25.1. The highest BCUT2D eigenvalue weighted by atomic mass is 35.5. The van der Waals surface area contributed by atoms with Crippen molar-refractivity contribution in [2.24, 2.45) is 5.92 Å². The van der Waals surface area contributed by atoms with Crippen molar-refractivity contribution in [3.05, 3.63) is 34.9 Å². The first-order valence-corrected chi connectivity index (χ1v) is 7.12. The summed E-state index contributed by atoms with van der Waals surface area (Å²) in [6.45, 7) is 2.25. The molecule has 0 aliphatic carbocycles. The maximum absolute atomic E-state index is 12.4. The zero-order valence-corrected chi connectivity index (χ0v) is 12.1. The number of piperidine rings is 1. The van der Waals surface area contributed by atoms with Crippen molar-refractivity contribution in [3.63, 3.8) is 0 Å². The quantitative estimate of drug-likeness (QED) is 0.932. The molecule has 0 spiro atoms. The topological polar surface area (TPSA) is 57.6 Å². The Kier molecular flexibility index (Phi) is 4.65. The van der Waals surface area contributed by atoms with Gasteiger partial charge in [0.25, 0.3) is 0 Å². The Balaban J connectivity index is 2.07. The number of aliphatic carboxylic acids is 1. The summed E-state index contributed by atoms with van der Waals surface area (Å²) in [5.41, 5.74) is 0.781. The van der Waals surface area contributed by atoms with Crippen molar-refractivity contribution < 1.29 is 14.7 Å². The lowest BCUT2D eigenvalue weighted by Crippen LogP contribution is -2.47. The van der Waals surface area contributed by atoms with Gasteiger partial charge in [-0.15, -0.1) is 0 Å². The molecule has 0 saturated carbocycles. The van der Waals surface area contributed by atoms with E-state index in [9.17, 15) is 9.59 Å². The van der Waals surface area contributed by atoms with E-state index in [0.29, 0.717) is 18.0 Å². The summed E-state index contributed by atoms with van der Waals surface area (Å²) in [5, 5.41) is 9.67. The van der Waals surface area contributed by atoms with Gasteiger partial charge in [0.1, 0.15) is 0 Å². The van der Waals surface area contributed by atoms with Crippen LogP contribution in [0.2, 0.25) is 5.02 Å². The van der Waals surface area contributed by atoms with Crippen LogP contribution in [-0.2, 0) is 16.0 Å². The van der Waals surface area contributed by atoms with Crippen LogP contribution in [0.15, 0.2) is 24.3 Å². The highest BCUT2D eigenvalue weighted by molar-refractivity contribution is 6.31. The highest BCUT2D eigenvalue weighted by Gasteiger charge is 2.32. The van der Waals surface area contributed by atoms with Crippen molar-refractivity contribution in [1.29, 1.82) is 0 Å². The second-order valence-electron chi connectivity index (χ2n) is 5.28. The molecule has 0 bridgehead atoms. The molecule has 1 fully saturated rings. The van der Waals surface area contributed by atoms with Crippen LogP contribution in [0.25, 0.3) is 0 Å². The number of hydrogen-bond acceptors (Lipinski definition) is 2. The standard InChI is InChI=1S/C15H18ClNO3/c1-10-6-7-12(15(19)20)9-17(10)14(18)8-11-4-2-3-5-13(11)16/h2-5,10,12H,6-9H2,1H3,(H,19,20)/t10-,12+/m0/s1. The number of carbonyl (C=O) groups excluding carboxylic acids is 1. The molecule has 4 nitrogen and oxygen atoms in total. The SMILES string of the molecule is C[C@H]1CC[C@@H](C(=O)O)CN1C(=O)Cc1ccccc1Cl. The van der Waals surface area contributed by atoms with E-state index in [0.717, 1.165) is 12.0 Å². The number of halogens is 1. The third kappa shape index (κ3) is 3.31. The Bertz CT molecular complexity index is 518. The molecule has 2 atom stereocenters. The van der Waals surface area contributed by atoms with Crippen LogP contribution in [0, 0.1) is 5.92 Å². The Hall–Kier alpha value is -1.55. The molecule has 1 amide bonds. The fourth-order valence-corrected chi connectivity index (χ4v) is 2.76. The van der Waals surface area contributed by atoms with Crippen LogP contribution in [0.4, 0.5) is 0 Å². The number of carboxylic acid groups (broad SMARTS) is 1. The first kappa shape index (κ1) is 14.9. The van der Waals surface area contributed by atoms with Crippen LogP contribution in [-0.4, -0.2) is 34.5 Å². The molecule has 108 valence electrons. The second kappa shape index (κ2) is 6.27. The maximum Gasteiger partial charge on any atom is 0.308 e. The van der Waals surface area contributed by atoms with Crippen LogP contribution in [0.5, 0.6) is 0 Å². The number of rotatable bonds is 3. The van der Waals surface area contributed by atoms with Gasteiger partial charge in [0.15, 0.2) is 0 Å². The van der Waals surface area contributed by atoms with E-state index in [-0.39, 0.29) is 18.4 Å². The van der Waals surface area contributed by atoms with Gasteiger partial charge in [0, 0.05) is 17.6 Å². The van der Waals surface area contributed by atoms with Crippen LogP contribution in [0.1, 0.15) is 25.3 Å². The largest absolute Gasteiger partial charge is 0.481 e. The summed E-state index contributed by atoms with van der Waals surface area (Å²) >= 11 is 6.06. The van der Waals surface area contributed by atoms with Gasteiger partial charge in [0.05, 0.1) is 12.3 Å². The van der Waals surface area contributed by atoms with Gasteiger partial charge in [-0.25, -0.2) is 0 Å². The predicted octanol–water partition coefficient (Wildman–Crippen LogP) is 2.59. The molecule has 1 aliphatic rings. The minimum atomic E-state index is -0.826. The molecule has 0 unspecified atom stereocenters. The fraction of sp³-hybridized carbons (Fsp3) is 0.467. The van der Waals surface area contributed by atoms with E-state index < -0.39 is 11.9 Å². The Labute approximate surface area is 123 Å². The average molecular weight is 296 g/mol. The molecule has 1 aromatic carbocycles. The van der Waals surface area contributed by atoms with E-state index >= 15 is 0 Å². The molecule has 1 saturated heterocycles. The number of likely N-dealkylation sites (tertiary alicyclic amines) is 1. The predicted molar refractivity (Wildman–Crippen MR) is 76.7 cm³/mol. The highest BCUT2D eigenvalue weighted by Crippen LogP contribution is 2.24. The van der Waals surface area contributed by atoms with E-state index in [1.165, 1.54) is 0 Å². The summed E-state index contributed by atoms with van der Waals surface area (Å²) in [6.07, 6.45) is 1.58. The second-order valence-corrected chi connectivity index (χ2v) is 5.68. The van der Waals surface area contributed by atoms with Gasteiger partial charge in [-0.3, -0.25) is 9.59 Å². The first-order valence-electron chi connectivity index (χ1n) is 6.74. The van der Waals surface area contributed by atoms with Gasteiger partial charge in [-0.1, -0.05) is 29.8 Å². The molecular formula is C15H18ClNO3. The van der Waals surface area contributed by atoms with Gasteiger partial charge < -0.3 is 10.0 Å². The lowest BCUT2D eigenvalue weighted by molar-refractivity contribution is -0.146. The first-order chi connectivity index (χ1) is 9.49. The normalized spacial score (nSPS) is 22.6. The monoisotopic (exact) mass is 295 g/mol. The number of benzene rings is 1. The van der Waals surface area contributed by atoms with E-state index in [2.05, 4.69) is 0 Å². The number of carboxylic acids is 1. The van der Waals surface area contributed by atoms with Crippen LogP contribution < -0.4 is 0 Å². The third-order valence-corrected chi connectivity index (χ3v) is 4.22. The summed E-state index contributed by atoms with van der Waals surface area (Å²) in [6, 6.07) is 7.32. The molecule has 1 aromatic rings. The minimum Gasteiger partial charge on any atom is -0.481 e. The number of nitrogens with zero attached hydrogens (tertiary/aromatic N) is 1. The molecule has 0 aromatic heterocycles. The van der Waals surface area contributed by atoms with Gasteiger partial charge in [-0.2, -0.15) is 0 Å². The summed E-state index contributed by atoms with van der Waals surface area (Å²) < 4.78 is 0. The van der Waals surface area contributed by atoms with Crippen LogP contribution in [0.3, 0.4) is 0 Å². The molecule has 1 aliphatic heterocycles. The zero-order chi connectivity index (χ0) is 14.7. The molecule has 5 heteroatoms. The minimum absolute atomic E-state index is 0.0587. The number of carbonyl (C=O) groups is 2. The van der Waals surface area contributed by atoms with Gasteiger partial charge in [0.2, 0.25) is 5.91 Å². The molecule has 2 rings (SSSR count). The summed E-state index contributed by atoms with van der Waals surface area (Å²) in [5.74, 6) is -1.34. The zero-order valence-electron chi connectivity index (χ0n) is 11.4. The number of hydrogen-bond donors (Lipinski definition) is 1. The van der Waals surface area contributed by atoms with Crippen molar-refractivity contribution in [2.75, 3.05) is 6.54 Å². The van der Waals surface area contributed by atoms with Gasteiger partial charge >= 0.3 is 5.97 Å². The Morgan fingerprint density at radius 2 is 2.05 bits per heavy atom. The average Bonchev–Trinajstić information content (AvgIpc) is 2.41. The maximum atomic E-state index is 12.4. The molecule has 1 N–H and O–H groups in total. The Morgan fingerprint density at radius 1 is 1.35 bits per heavy atom. The summed E-state index contributed by atoms with van der Waals surface area (Å²) in [7, 11) is 0. The van der Waals surface area contributed by atoms with Crippen molar-refractivity contribution >= 4 is 23.5 Å². The molecule has 1 heterocycles. The molecular weight excluding hydrogens is 278 g/mol. The third-order valence-electron chi connectivity index (χ3n) is 3.85. The van der Waals surface area contributed by atoms with E-state index in [1.54, 1.807) is 11.0 Å². The van der Waals surface area contributed by atoms with E-state index in [1.807, 2.05) is 25.1 Å². The Morgan fingerprint density at radius 3 is 2.70 bits per heavy atom. The van der Waals surface area contributed by atoms with Crippen molar-refractivity contribution in [3.8, 4) is 0 Å². The smallest absolute Gasteiger partial charge is 0.308 e. The number of amides is 1. The fourth-order valence-electron chi connectivity index (χ4n) is 2.56. The van der Waals surface area contributed by atoms with E-state index in [4.69, 9.17) is 16.7 Å². The van der Waals surface area contributed by atoms with Gasteiger partial charge in [-0.05, 0) is 31.4 Å². The molecule has 20 heavy (non-hydrogen) atoms. The van der Waals surface area contributed by atoms with Crippen LogP contribution >= 0.6 is 11.6 Å². The van der Waals surface area contributed by atoms with Crippen molar-refractivity contribution in [2.45, 2.75) is 32.2 Å². The lowest BCUT2D eigenvalue weighted by Gasteiger charge is -2.36. The lowest BCUT2D eigenvalue weighted by atomic mass is 9.93. The van der Waals surface area contributed by atoms with Crippen molar-refractivity contribution in [1.82, 2.24) is 4.90 Å². The molecule has 0 radical (unpaired) electrons.